The molecule has 0 fully saturated rings. The first-order chi connectivity index (χ1) is 19.2. The van der Waals surface area contributed by atoms with E-state index in [2.05, 4.69) is 13.8 Å². The summed E-state index contributed by atoms with van der Waals surface area (Å²) >= 11 is 0. The Hall–Kier alpha value is -0.810. The molecule has 0 rings (SSSR count). The van der Waals surface area contributed by atoms with Crippen molar-refractivity contribution < 1.29 is 19.0 Å². The lowest BCUT2D eigenvalue weighted by Gasteiger charge is -2.24. The van der Waals surface area contributed by atoms with Gasteiger partial charge in [0.15, 0.2) is 0 Å². The molecule has 1 amide bonds. The first kappa shape index (κ1) is 38.2. The zero-order valence-electron chi connectivity index (χ0n) is 27.0. The van der Waals surface area contributed by atoms with E-state index in [1.54, 1.807) is 7.11 Å². The van der Waals surface area contributed by atoms with Crippen molar-refractivity contribution >= 4 is 6.09 Å². The van der Waals surface area contributed by atoms with Gasteiger partial charge in [-0.3, -0.25) is 0 Å². The molecule has 0 heterocycles. The molecular formula is C34H69NO4. The van der Waals surface area contributed by atoms with Crippen LogP contribution in [0.1, 0.15) is 162 Å². The van der Waals surface area contributed by atoms with E-state index >= 15 is 0 Å². The molecule has 0 N–H and O–H groups in total. The highest BCUT2D eigenvalue weighted by Gasteiger charge is 2.16. The number of carbonyl (C=O) groups excluding carboxylic acids is 1. The quantitative estimate of drug-likeness (QED) is 0.0798. The normalized spacial score (nSPS) is 11.4. The van der Waals surface area contributed by atoms with Crippen molar-refractivity contribution in [3.05, 3.63) is 0 Å². The summed E-state index contributed by atoms with van der Waals surface area (Å²) < 4.78 is 15.9. The number of unbranched alkanes of at least 4 members (excludes halogenated alkanes) is 18. The Morgan fingerprint density at radius 1 is 0.564 bits per heavy atom. The maximum atomic E-state index is 12.5. The molecule has 0 saturated carbocycles. The molecule has 0 aliphatic carbocycles. The second-order valence-corrected chi connectivity index (χ2v) is 11.8. The third kappa shape index (κ3) is 28.5. The second-order valence-electron chi connectivity index (χ2n) is 11.8. The average Bonchev–Trinajstić information content (AvgIpc) is 2.94. The van der Waals surface area contributed by atoms with Crippen LogP contribution in [0, 0.1) is 5.92 Å². The summed E-state index contributed by atoms with van der Waals surface area (Å²) in [5.41, 5.74) is 0. The lowest BCUT2D eigenvalue weighted by atomic mass is 9.93. The van der Waals surface area contributed by atoms with Crippen molar-refractivity contribution in [3.8, 4) is 0 Å². The Morgan fingerprint density at radius 3 is 1.44 bits per heavy atom. The summed E-state index contributed by atoms with van der Waals surface area (Å²) in [4.78, 5) is 14.4. The highest BCUT2D eigenvalue weighted by molar-refractivity contribution is 5.67. The van der Waals surface area contributed by atoms with E-state index in [1.165, 1.54) is 141 Å². The Balaban J connectivity index is 4.19. The van der Waals surface area contributed by atoms with Gasteiger partial charge in [0.1, 0.15) is 0 Å². The van der Waals surface area contributed by atoms with E-state index < -0.39 is 0 Å². The van der Waals surface area contributed by atoms with E-state index in [4.69, 9.17) is 14.2 Å². The predicted octanol–water partition coefficient (Wildman–Crippen LogP) is 10.3. The van der Waals surface area contributed by atoms with Crippen LogP contribution in [0.15, 0.2) is 0 Å². The Labute approximate surface area is 244 Å². The zero-order chi connectivity index (χ0) is 28.7. The second kappa shape index (κ2) is 31.7. The third-order valence-corrected chi connectivity index (χ3v) is 7.87. The maximum Gasteiger partial charge on any atom is 0.409 e. The number of hydrogen-bond acceptors (Lipinski definition) is 4. The zero-order valence-corrected chi connectivity index (χ0v) is 27.0. The molecule has 0 aliphatic heterocycles. The number of amides is 1. The molecule has 39 heavy (non-hydrogen) atoms. The molecule has 0 radical (unpaired) electrons. The van der Waals surface area contributed by atoms with Crippen molar-refractivity contribution in [2.45, 2.75) is 162 Å². The van der Waals surface area contributed by atoms with Crippen LogP contribution in [0.2, 0.25) is 0 Å². The molecule has 0 aromatic carbocycles. The summed E-state index contributed by atoms with van der Waals surface area (Å²) in [5.74, 6) is 0.586. The van der Waals surface area contributed by atoms with E-state index in [-0.39, 0.29) is 6.09 Å². The van der Waals surface area contributed by atoms with Crippen molar-refractivity contribution in [2.75, 3.05) is 47.1 Å². The fourth-order valence-corrected chi connectivity index (χ4v) is 5.30. The van der Waals surface area contributed by atoms with Crippen LogP contribution in [0.4, 0.5) is 4.79 Å². The van der Waals surface area contributed by atoms with Gasteiger partial charge in [0, 0.05) is 33.7 Å². The number of carbonyl (C=O) groups is 1. The van der Waals surface area contributed by atoms with Crippen LogP contribution in [-0.4, -0.2) is 58.1 Å². The molecule has 0 atom stereocenters. The van der Waals surface area contributed by atoms with Crippen LogP contribution in [0.5, 0.6) is 0 Å². The highest BCUT2D eigenvalue weighted by atomic mass is 16.6. The Morgan fingerprint density at radius 2 is 1.00 bits per heavy atom. The van der Waals surface area contributed by atoms with Crippen LogP contribution in [-0.2, 0) is 14.2 Å². The number of ether oxygens (including phenoxy) is 3. The third-order valence-electron chi connectivity index (χ3n) is 7.87. The highest BCUT2D eigenvalue weighted by Crippen LogP contribution is 2.21. The standard InChI is InChI=1S/C34H69NO4/c1-5-7-9-11-13-15-17-19-21-23-26-33(27-24-22-20-18-16-14-12-10-8-6-2)32-35(3)34(36)39-29-25-28-38-31-30-37-4/h33H,5-32H2,1-4H3. The van der Waals surface area contributed by atoms with Gasteiger partial charge in [-0.1, -0.05) is 142 Å². The molecule has 5 heteroatoms. The van der Waals surface area contributed by atoms with Gasteiger partial charge in [-0.15, -0.1) is 0 Å². The van der Waals surface area contributed by atoms with Gasteiger partial charge in [0.25, 0.3) is 0 Å². The average molecular weight is 556 g/mol. The van der Waals surface area contributed by atoms with Gasteiger partial charge in [-0.05, 0) is 18.8 Å². The van der Waals surface area contributed by atoms with Gasteiger partial charge in [-0.25, -0.2) is 4.79 Å². The number of rotatable bonds is 31. The molecule has 234 valence electrons. The van der Waals surface area contributed by atoms with E-state index in [0.717, 1.165) is 13.0 Å². The molecule has 5 nitrogen and oxygen atoms in total. The van der Waals surface area contributed by atoms with Crippen molar-refractivity contribution in [1.29, 1.82) is 0 Å². The monoisotopic (exact) mass is 556 g/mol. The first-order valence-electron chi connectivity index (χ1n) is 17.1. The summed E-state index contributed by atoms with van der Waals surface area (Å²) in [7, 11) is 3.57. The molecule has 0 saturated heterocycles. The van der Waals surface area contributed by atoms with Crippen molar-refractivity contribution in [1.82, 2.24) is 4.90 Å². The maximum absolute atomic E-state index is 12.5. The molecule has 0 aromatic heterocycles. The van der Waals surface area contributed by atoms with Crippen LogP contribution < -0.4 is 0 Å². The minimum Gasteiger partial charge on any atom is -0.449 e. The van der Waals surface area contributed by atoms with Crippen molar-refractivity contribution in [3.63, 3.8) is 0 Å². The number of methoxy groups -OCH3 is 1. The van der Waals surface area contributed by atoms with E-state index in [1.807, 2.05) is 11.9 Å². The molecule has 0 aliphatic rings. The summed E-state index contributed by atoms with van der Waals surface area (Å²) in [6.45, 7) is 7.59. The van der Waals surface area contributed by atoms with Crippen LogP contribution in [0.25, 0.3) is 0 Å². The minimum atomic E-state index is -0.192. The predicted molar refractivity (Wildman–Crippen MR) is 168 cm³/mol. The van der Waals surface area contributed by atoms with Crippen LogP contribution >= 0.6 is 0 Å². The topological polar surface area (TPSA) is 48.0 Å². The Bertz CT molecular complexity index is 464. The van der Waals surface area contributed by atoms with Gasteiger partial charge in [-0.2, -0.15) is 0 Å². The summed E-state index contributed by atoms with van der Waals surface area (Å²) in [6.07, 6.45) is 30.5. The van der Waals surface area contributed by atoms with Crippen molar-refractivity contribution in [2.24, 2.45) is 5.92 Å². The molecule has 0 spiro atoms. The molecule has 0 aromatic rings. The van der Waals surface area contributed by atoms with E-state index in [9.17, 15) is 4.79 Å². The number of nitrogens with zero attached hydrogens (tertiary/aromatic N) is 1. The van der Waals surface area contributed by atoms with E-state index in [0.29, 0.717) is 32.3 Å². The smallest absolute Gasteiger partial charge is 0.409 e. The largest absolute Gasteiger partial charge is 0.449 e. The van der Waals surface area contributed by atoms with Gasteiger partial charge in [0.2, 0.25) is 0 Å². The first-order valence-corrected chi connectivity index (χ1v) is 17.1. The Kier molecular flexibility index (Phi) is 31.1. The fourth-order valence-electron chi connectivity index (χ4n) is 5.30. The lowest BCUT2D eigenvalue weighted by Crippen LogP contribution is -2.32. The number of hydrogen-bond donors (Lipinski definition) is 0. The van der Waals surface area contributed by atoms with Gasteiger partial charge >= 0.3 is 6.09 Å². The van der Waals surface area contributed by atoms with Crippen LogP contribution in [0.3, 0.4) is 0 Å². The fraction of sp³-hybridized carbons (Fsp3) is 0.971. The van der Waals surface area contributed by atoms with Gasteiger partial charge < -0.3 is 19.1 Å². The summed E-state index contributed by atoms with van der Waals surface area (Å²) in [5, 5.41) is 0. The lowest BCUT2D eigenvalue weighted by molar-refractivity contribution is 0.0547. The minimum absolute atomic E-state index is 0.192. The SMILES string of the molecule is CCCCCCCCCCCCC(CCCCCCCCCCCC)CN(C)C(=O)OCCCOCCOC. The van der Waals surface area contributed by atoms with Gasteiger partial charge in [0.05, 0.1) is 19.8 Å². The molecular weight excluding hydrogens is 486 g/mol. The summed E-state index contributed by atoms with van der Waals surface area (Å²) in [6, 6.07) is 0. The molecule has 0 bridgehead atoms. The molecule has 0 unspecified atom stereocenters.